The largest absolute Gasteiger partial charge is 0.469 e. The molecule has 2 rings (SSSR count). The number of sulfonamides is 1. The molecule has 0 bridgehead atoms. The molecule has 6 nitrogen and oxygen atoms in total. The molecule has 2 fully saturated rings. The van der Waals surface area contributed by atoms with E-state index in [2.05, 4.69) is 0 Å². The molecule has 0 aromatic carbocycles. The number of hydrogen-bond acceptors (Lipinski definition) is 5. The highest BCUT2D eigenvalue weighted by molar-refractivity contribution is 7.89. The first-order valence-corrected chi connectivity index (χ1v) is 8.22. The molecule has 1 N–H and O–H groups in total. The predicted octanol–water partition coefficient (Wildman–Crippen LogP) is 0.115. The Kier molecular flexibility index (Phi) is 4.47. The molecule has 0 radical (unpaired) electrons. The number of methoxy groups -OCH3 is 1. The Morgan fingerprint density at radius 2 is 2.05 bits per heavy atom. The number of hydrogen-bond donors (Lipinski definition) is 1. The van der Waals surface area contributed by atoms with Crippen LogP contribution in [-0.2, 0) is 19.6 Å². The zero-order valence-electron chi connectivity index (χ0n) is 11.1. The maximum atomic E-state index is 12.6. The minimum atomic E-state index is -3.53. The third-order valence-electron chi connectivity index (χ3n) is 4.20. The van der Waals surface area contributed by atoms with Crippen molar-refractivity contribution in [3.8, 4) is 0 Å². The molecule has 0 amide bonds. The summed E-state index contributed by atoms with van der Waals surface area (Å²) in [5, 5.41) is 8.58. The second-order valence-corrected chi connectivity index (χ2v) is 7.34. The minimum absolute atomic E-state index is 0.158. The first kappa shape index (κ1) is 14.7. The van der Waals surface area contributed by atoms with Gasteiger partial charge in [0, 0.05) is 12.6 Å². The van der Waals surface area contributed by atoms with Crippen LogP contribution in [0.15, 0.2) is 0 Å². The average Bonchev–Trinajstić information content (AvgIpc) is 3.06. The molecule has 1 aliphatic carbocycles. The lowest BCUT2D eigenvalue weighted by Crippen LogP contribution is -2.45. The van der Waals surface area contributed by atoms with Crippen LogP contribution < -0.4 is 0 Å². The predicted molar refractivity (Wildman–Crippen MR) is 68.9 cm³/mol. The van der Waals surface area contributed by atoms with Crippen molar-refractivity contribution in [2.24, 2.45) is 5.92 Å². The van der Waals surface area contributed by atoms with E-state index in [1.54, 1.807) is 0 Å². The molecule has 1 saturated heterocycles. The van der Waals surface area contributed by atoms with Crippen molar-refractivity contribution in [2.75, 3.05) is 20.3 Å². The van der Waals surface area contributed by atoms with E-state index in [9.17, 15) is 18.3 Å². The van der Waals surface area contributed by atoms with Gasteiger partial charge in [0.25, 0.3) is 0 Å². The second-order valence-electron chi connectivity index (χ2n) is 5.23. The van der Waals surface area contributed by atoms with Crippen LogP contribution in [0.5, 0.6) is 0 Å². The van der Waals surface area contributed by atoms with Gasteiger partial charge in [0.15, 0.2) is 0 Å². The van der Waals surface area contributed by atoms with E-state index in [1.807, 2.05) is 0 Å². The summed E-state index contributed by atoms with van der Waals surface area (Å²) in [6.07, 6.45) is 3.23. The van der Waals surface area contributed by atoms with Gasteiger partial charge in [-0.3, -0.25) is 4.79 Å². The van der Waals surface area contributed by atoms with Gasteiger partial charge in [0.05, 0.1) is 24.9 Å². The first-order chi connectivity index (χ1) is 9.02. The van der Waals surface area contributed by atoms with Gasteiger partial charge in [0.2, 0.25) is 10.0 Å². The van der Waals surface area contributed by atoms with Gasteiger partial charge >= 0.3 is 5.97 Å². The van der Waals surface area contributed by atoms with Crippen LogP contribution in [0.1, 0.15) is 32.1 Å². The summed E-state index contributed by atoms with van der Waals surface area (Å²) in [6, 6.07) is -0.330. The standard InChI is InChI=1S/C12H21NO5S/c1-18-12(15)10-5-2-6-11(10)19(16,17)13-7-3-4-9(13)8-14/h9-11,14H,2-8H2,1H3/t9-,10?,11?/m1/s1. The fraction of sp³-hybridized carbons (Fsp3) is 0.917. The first-order valence-electron chi connectivity index (χ1n) is 6.71. The summed E-state index contributed by atoms with van der Waals surface area (Å²) in [4.78, 5) is 11.7. The number of aliphatic hydroxyl groups excluding tert-OH is 1. The molecular weight excluding hydrogens is 270 g/mol. The lowest BCUT2D eigenvalue weighted by molar-refractivity contribution is -0.145. The van der Waals surface area contributed by atoms with Gasteiger partial charge in [-0.15, -0.1) is 0 Å². The molecule has 3 atom stereocenters. The summed E-state index contributed by atoms with van der Waals surface area (Å²) >= 11 is 0. The number of nitrogens with zero attached hydrogens (tertiary/aromatic N) is 1. The normalized spacial score (nSPS) is 32.6. The highest BCUT2D eigenvalue weighted by Gasteiger charge is 2.47. The van der Waals surface area contributed by atoms with E-state index in [0.29, 0.717) is 25.8 Å². The Labute approximate surface area is 113 Å². The Hall–Kier alpha value is -0.660. The van der Waals surface area contributed by atoms with E-state index in [-0.39, 0.29) is 12.6 Å². The van der Waals surface area contributed by atoms with Crippen LogP contribution in [0.25, 0.3) is 0 Å². The molecule has 110 valence electrons. The van der Waals surface area contributed by atoms with Gasteiger partial charge in [-0.1, -0.05) is 6.42 Å². The monoisotopic (exact) mass is 291 g/mol. The lowest BCUT2D eigenvalue weighted by atomic mass is 10.1. The van der Waals surface area contributed by atoms with Gasteiger partial charge in [-0.2, -0.15) is 4.31 Å². The van der Waals surface area contributed by atoms with Crippen molar-refractivity contribution in [3.63, 3.8) is 0 Å². The molecular formula is C12H21NO5S. The smallest absolute Gasteiger partial charge is 0.310 e. The molecule has 0 aromatic heterocycles. The van der Waals surface area contributed by atoms with E-state index >= 15 is 0 Å². The zero-order valence-corrected chi connectivity index (χ0v) is 11.9. The van der Waals surface area contributed by atoms with Gasteiger partial charge in [-0.25, -0.2) is 8.42 Å². The number of aliphatic hydroxyl groups is 1. The fourth-order valence-electron chi connectivity index (χ4n) is 3.20. The highest BCUT2D eigenvalue weighted by Crippen LogP contribution is 2.36. The van der Waals surface area contributed by atoms with Crippen molar-refractivity contribution in [3.05, 3.63) is 0 Å². The highest BCUT2D eigenvalue weighted by atomic mass is 32.2. The molecule has 19 heavy (non-hydrogen) atoms. The quantitative estimate of drug-likeness (QED) is 0.744. The number of carbonyl (C=O) groups excluding carboxylic acids is 1. The van der Waals surface area contributed by atoms with Crippen LogP contribution in [0.3, 0.4) is 0 Å². The SMILES string of the molecule is COC(=O)C1CCCC1S(=O)(=O)N1CCC[C@@H]1CO. The van der Waals surface area contributed by atoms with Crippen molar-refractivity contribution in [2.45, 2.75) is 43.4 Å². The van der Waals surface area contributed by atoms with Gasteiger partial charge < -0.3 is 9.84 Å². The maximum absolute atomic E-state index is 12.6. The summed E-state index contributed by atoms with van der Waals surface area (Å²) in [7, 11) is -2.24. The van der Waals surface area contributed by atoms with Gasteiger partial charge in [-0.05, 0) is 25.7 Å². The summed E-state index contributed by atoms with van der Waals surface area (Å²) < 4.78 is 31.4. The molecule has 2 unspecified atom stereocenters. The van der Waals surface area contributed by atoms with Crippen molar-refractivity contribution < 1.29 is 23.1 Å². The molecule has 7 heteroatoms. The van der Waals surface area contributed by atoms with E-state index < -0.39 is 27.2 Å². The fourth-order valence-corrected chi connectivity index (χ4v) is 5.65. The Morgan fingerprint density at radius 1 is 1.32 bits per heavy atom. The molecule has 0 aromatic rings. The third kappa shape index (κ3) is 2.64. The van der Waals surface area contributed by atoms with Crippen molar-refractivity contribution in [1.82, 2.24) is 4.31 Å². The summed E-state index contributed by atoms with van der Waals surface area (Å²) in [5.41, 5.74) is 0. The molecule has 1 saturated carbocycles. The molecule has 0 spiro atoms. The van der Waals surface area contributed by atoms with Crippen LogP contribution in [0, 0.1) is 5.92 Å². The number of ether oxygens (including phenoxy) is 1. The van der Waals surface area contributed by atoms with Crippen LogP contribution in [0.4, 0.5) is 0 Å². The Balaban J connectivity index is 2.21. The van der Waals surface area contributed by atoms with E-state index in [1.165, 1.54) is 11.4 Å². The van der Waals surface area contributed by atoms with Gasteiger partial charge in [0.1, 0.15) is 0 Å². The average molecular weight is 291 g/mol. The number of rotatable bonds is 4. The third-order valence-corrected chi connectivity index (χ3v) is 6.66. The lowest BCUT2D eigenvalue weighted by Gasteiger charge is -2.28. The Bertz CT molecular complexity index is 435. The van der Waals surface area contributed by atoms with Crippen molar-refractivity contribution in [1.29, 1.82) is 0 Å². The summed E-state index contributed by atoms with van der Waals surface area (Å²) in [6.45, 7) is 0.285. The minimum Gasteiger partial charge on any atom is -0.469 e. The molecule has 2 aliphatic rings. The number of esters is 1. The van der Waals surface area contributed by atoms with Crippen LogP contribution in [-0.4, -0.2) is 55.4 Å². The van der Waals surface area contributed by atoms with Crippen LogP contribution in [0.2, 0.25) is 0 Å². The Morgan fingerprint density at radius 3 is 2.68 bits per heavy atom. The zero-order chi connectivity index (χ0) is 14.0. The van der Waals surface area contributed by atoms with E-state index in [4.69, 9.17) is 4.74 Å². The molecule has 1 heterocycles. The van der Waals surface area contributed by atoms with E-state index in [0.717, 1.165) is 12.8 Å². The number of carbonyl (C=O) groups is 1. The molecule has 1 aliphatic heterocycles. The maximum Gasteiger partial charge on any atom is 0.310 e. The summed E-state index contributed by atoms with van der Waals surface area (Å²) in [5.74, 6) is -0.999. The van der Waals surface area contributed by atoms with Crippen LogP contribution >= 0.6 is 0 Å². The second kappa shape index (κ2) is 5.76. The van der Waals surface area contributed by atoms with Crippen molar-refractivity contribution >= 4 is 16.0 Å². The topological polar surface area (TPSA) is 83.9 Å².